The molecule has 0 saturated heterocycles. The van der Waals surface area contributed by atoms with E-state index in [1.54, 1.807) is 6.07 Å². The third-order valence-corrected chi connectivity index (χ3v) is 5.23. The Kier molecular flexibility index (Phi) is 3.40. The van der Waals surface area contributed by atoms with E-state index in [1.165, 1.54) is 25.3 Å². The van der Waals surface area contributed by atoms with Crippen molar-refractivity contribution in [1.29, 1.82) is 0 Å². The molecule has 0 atom stereocenters. The van der Waals surface area contributed by atoms with Crippen molar-refractivity contribution < 1.29 is 9.18 Å². The zero-order valence-corrected chi connectivity index (χ0v) is 12.7. The molecule has 0 spiro atoms. The monoisotopic (exact) mass is 300 g/mol. The van der Waals surface area contributed by atoms with Crippen LogP contribution in [-0.2, 0) is 17.8 Å². The van der Waals surface area contributed by atoms with E-state index in [0.717, 1.165) is 42.5 Å². The van der Waals surface area contributed by atoms with E-state index in [0.29, 0.717) is 18.0 Å². The number of hydrogen-bond acceptors (Lipinski definition) is 1. The zero-order valence-electron chi connectivity index (χ0n) is 12.7. The number of H-pyrrole nitrogens is 1. The van der Waals surface area contributed by atoms with Gasteiger partial charge < -0.3 is 9.88 Å². The maximum absolute atomic E-state index is 13.9. The number of nitrogens with zero attached hydrogens (tertiary/aromatic N) is 1. The van der Waals surface area contributed by atoms with E-state index in [1.807, 2.05) is 11.0 Å². The Morgan fingerprint density at radius 1 is 1.23 bits per heavy atom. The normalized spacial score (nSPS) is 19.4. The number of fused-ring (bicyclic) bond motifs is 3. The van der Waals surface area contributed by atoms with Crippen molar-refractivity contribution in [2.24, 2.45) is 5.92 Å². The van der Waals surface area contributed by atoms with Crippen molar-refractivity contribution in [3.05, 3.63) is 35.3 Å². The molecule has 0 bridgehead atoms. The summed E-state index contributed by atoms with van der Waals surface area (Å²) in [5, 5.41) is 0.927. The van der Waals surface area contributed by atoms with Gasteiger partial charge in [-0.2, -0.15) is 0 Å². The number of aromatic nitrogens is 1. The molecule has 22 heavy (non-hydrogen) atoms. The first-order valence-corrected chi connectivity index (χ1v) is 8.31. The van der Waals surface area contributed by atoms with Crippen LogP contribution >= 0.6 is 0 Å². The van der Waals surface area contributed by atoms with Crippen molar-refractivity contribution in [2.75, 3.05) is 6.54 Å². The molecule has 1 aliphatic carbocycles. The second-order valence-corrected chi connectivity index (χ2v) is 6.59. The van der Waals surface area contributed by atoms with Gasteiger partial charge in [0, 0.05) is 42.1 Å². The summed E-state index contributed by atoms with van der Waals surface area (Å²) in [4.78, 5) is 17.9. The Hall–Kier alpha value is -1.84. The zero-order chi connectivity index (χ0) is 15.1. The minimum Gasteiger partial charge on any atom is -0.356 e. The highest BCUT2D eigenvalue weighted by atomic mass is 19.1. The van der Waals surface area contributed by atoms with Gasteiger partial charge in [0.2, 0.25) is 5.91 Å². The van der Waals surface area contributed by atoms with Crippen LogP contribution in [0.3, 0.4) is 0 Å². The number of amides is 1. The molecule has 1 N–H and O–H groups in total. The summed E-state index contributed by atoms with van der Waals surface area (Å²) >= 11 is 0. The molecule has 1 fully saturated rings. The molecule has 2 heterocycles. The number of nitrogens with one attached hydrogen (secondary N) is 1. The highest BCUT2D eigenvalue weighted by Gasteiger charge is 2.30. The van der Waals surface area contributed by atoms with Crippen LogP contribution in [0.25, 0.3) is 10.9 Å². The third-order valence-electron chi connectivity index (χ3n) is 5.23. The molecule has 4 heteroatoms. The van der Waals surface area contributed by atoms with Crippen LogP contribution in [0.1, 0.15) is 43.4 Å². The number of hydrogen-bond donors (Lipinski definition) is 1. The largest absolute Gasteiger partial charge is 0.356 e. The van der Waals surface area contributed by atoms with Crippen LogP contribution in [0.15, 0.2) is 18.2 Å². The number of carbonyl (C=O) groups is 1. The van der Waals surface area contributed by atoms with Gasteiger partial charge in [0.05, 0.1) is 5.52 Å². The fourth-order valence-electron chi connectivity index (χ4n) is 4.00. The second kappa shape index (κ2) is 5.41. The molecule has 1 aromatic carbocycles. The van der Waals surface area contributed by atoms with Crippen LogP contribution in [-0.4, -0.2) is 22.3 Å². The lowest BCUT2D eigenvalue weighted by Crippen LogP contribution is -2.40. The van der Waals surface area contributed by atoms with E-state index in [2.05, 4.69) is 4.98 Å². The van der Waals surface area contributed by atoms with Crippen LogP contribution in [0.2, 0.25) is 0 Å². The van der Waals surface area contributed by atoms with Crippen molar-refractivity contribution in [2.45, 2.75) is 45.1 Å². The Labute approximate surface area is 129 Å². The Morgan fingerprint density at radius 2 is 2.05 bits per heavy atom. The summed E-state index contributed by atoms with van der Waals surface area (Å²) in [6.07, 6.45) is 6.47. The van der Waals surface area contributed by atoms with Crippen LogP contribution in [0, 0.1) is 11.7 Å². The topological polar surface area (TPSA) is 36.1 Å². The number of benzene rings is 1. The van der Waals surface area contributed by atoms with Gasteiger partial charge in [-0.05, 0) is 18.9 Å². The first-order chi connectivity index (χ1) is 10.7. The molecule has 4 rings (SSSR count). The van der Waals surface area contributed by atoms with Gasteiger partial charge in [0.25, 0.3) is 0 Å². The number of rotatable bonds is 1. The van der Waals surface area contributed by atoms with E-state index in [-0.39, 0.29) is 11.7 Å². The Morgan fingerprint density at radius 3 is 2.86 bits per heavy atom. The van der Waals surface area contributed by atoms with Gasteiger partial charge in [-0.25, -0.2) is 4.39 Å². The molecule has 1 aromatic heterocycles. The third kappa shape index (κ3) is 2.21. The number of para-hydroxylation sites is 1. The maximum atomic E-state index is 13.9. The van der Waals surface area contributed by atoms with Gasteiger partial charge in [-0.3, -0.25) is 4.79 Å². The van der Waals surface area contributed by atoms with Gasteiger partial charge in [0.1, 0.15) is 5.82 Å². The number of halogens is 1. The second-order valence-electron chi connectivity index (χ2n) is 6.59. The van der Waals surface area contributed by atoms with E-state index < -0.39 is 0 Å². The summed E-state index contributed by atoms with van der Waals surface area (Å²) in [7, 11) is 0. The molecule has 0 radical (unpaired) electrons. The van der Waals surface area contributed by atoms with E-state index in [9.17, 15) is 9.18 Å². The molecular weight excluding hydrogens is 279 g/mol. The van der Waals surface area contributed by atoms with E-state index >= 15 is 0 Å². The lowest BCUT2D eigenvalue weighted by atomic mass is 9.87. The predicted octanol–water partition coefficient (Wildman–Crippen LogP) is 3.77. The minimum absolute atomic E-state index is 0.206. The lowest BCUT2D eigenvalue weighted by molar-refractivity contribution is -0.137. The quantitative estimate of drug-likeness (QED) is 0.855. The van der Waals surface area contributed by atoms with Crippen molar-refractivity contribution in [3.8, 4) is 0 Å². The predicted molar refractivity (Wildman–Crippen MR) is 84.0 cm³/mol. The molecule has 116 valence electrons. The molecule has 2 aromatic rings. The summed E-state index contributed by atoms with van der Waals surface area (Å²) in [6.45, 7) is 1.37. The molecule has 1 amide bonds. The van der Waals surface area contributed by atoms with E-state index in [4.69, 9.17) is 0 Å². The first-order valence-electron chi connectivity index (χ1n) is 8.31. The number of carbonyl (C=O) groups excluding carboxylic acids is 1. The minimum atomic E-state index is -0.211. The molecule has 3 nitrogen and oxygen atoms in total. The number of aromatic amines is 1. The molecule has 1 saturated carbocycles. The average Bonchev–Trinajstić information content (AvgIpc) is 2.94. The highest BCUT2D eigenvalue weighted by molar-refractivity contribution is 5.86. The van der Waals surface area contributed by atoms with Crippen molar-refractivity contribution in [3.63, 3.8) is 0 Å². The summed E-state index contributed by atoms with van der Waals surface area (Å²) < 4.78 is 13.9. The van der Waals surface area contributed by atoms with Crippen molar-refractivity contribution in [1.82, 2.24) is 9.88 Å². The summed E-state index contributed by atoms with van der Waals surface area (Å²) in [5.41, 5.74) is 2.78. The SMILES string of the molecule is O=C(C1CCCCC1)N1CCc2[nH]c3c(F)cccc3c2C1. The highest BCUT2D eigenvalue weighted by Crippen LogP contribution is 2.31. The Bertz CT molecular complexity index is 715. The average molecular weight is 300 g/mol. The lowest BCUT2D eigenvalue weighted by Gasteiger charge is -2.32. The summed E-state index contributed by atoms with van der Waals surface area (Å²) in [6, 6.07) is 5.17. The fraction of sp³-hybridized carbons (Fsp3) is 0.500. The maximum Gasteiger partial charge on any atom is 0.225 e. The first kappa shape index (κ1) is 13.8. The molecule has 0 unspecified atom stereocenters. The standard InChI is InChI=1S/C18H21FN2O/c19-15-8-4-7-13-14-11-21(10-9-16(14)20-17(13)15)18(22)12-5-2-1-3-6-12/h4,7-8,12,20H,1-3,5-6,9-11H2. The van der Waals surface area contributed by atoms with Gasteiger partial charge >= 0.3 is 0 Å². The molecular formula is C18H21FN2O. The van der Waals surface area contributed by atoms with Crippen molar-refractivity contribution >= 4 is 16.8 Å². The molecule has 2 aliphatic rings. The smallest absolute Gasteiger partial charge is 0.225 e. The van der Waals surface area contributed by atoms with Crippen LogP contribution in [0.4, 0.5) is 4.39 Å². The summed E-state index contributed by atoms with van der Waals surface area (Å²) in [5.74, 6) is 0.297. The van der Waals surface area contributed by atoms with Gasteiger partial charge in [0.15, 0.2) is 0 Å². The van der Waals surface area contributed by atoms with Gasteiger partial charge in [-0.15, -0.1) is 0 Å². The fourth-order valence-corrected chi connectivity index (χ4v) is 4.00. The van der Waals surface area contributed by atoms with Crippen LogP contribution < -0.4 is 0 Å². The Balaban J connectivity index is 1.62. The van der Waals surface area contributed by atoms with Crippen LogP contribution in [0.5, 0.6) is 0 Å². The van der Waals surface area contributed by atoms with Gasteiger partial charge in [-0.1, -0.05) is 31.4 Å². The molecule has 1 aliphatic heterocycles.